The van der Waals surface area contributed by atoms with E-state index in [1.807, 2.05) is 13.8 Å². The van der Waals surface area contributed by atoms with Crippen molar-refractivity contribution in [3.05, 3.63) is 0 Å². The average Bonchev–Trinajstić information content (AvgIpc) is 3.01. The largest absolute Gasteiger partial charge is 0.344 e. The number of hydrogen-bond donors (Lipinski definition) is 4. The number of nitrogens with one attached hydrogen (secondary N) is 4. The molecular formula is C17H28N4O4. The van der Waals surface area contributed by atoms with Gasteiger partial charge >= 0.3 is 0 Å². The maximum absolute atomic E-state index is 12.5. The van der Waals surface area contributed by atoms with Crippen LogP contribution >= 0.6 is 0 Å². The van der Waals surface area contributed by atoms with Gasteiger partial charge in [0.15, 0.2) is 0 Å². The Labute approximate surface area is 147 Å². The van der Waals surface area contributed by atoms with Crippen LogP contribution < -0.4 is 21.3 Å². The van der Waals surface area contributed by atoms with Crippen molar-refractivity contribution in [2.24, 2.45) is 5.92 Å². The lowest BCUT2D eigenvalue weighted by Crippen LogP contribution is -2.56. The summed E-state index contributed by atoms with van der Waals surface area (Å²) in [7, 11) is 0. The number of carbonyl (C=O) groups excluding carboxylic acids is 4. The van der Waals surface area contributed by atoms with Crippen LogP contribution in [0.1, 0.15) is 52.4 Å². The molecule has 1 unspecified atom stereocenters. The van der Waals surface area contributed by atoms with Gasteiger partial charge in [-0.15, -0.1) is 0 Å². The molecule has 0 aromatic carbocycles. The van der Waals surface area contributed by atoms with E-state index >= 15 is 0 Å². The maximum atomic E-state index is 12.5. The Bertz CT molecular complexity index is 529. The summed E-state index contributed by atoms with van der Waals surface area (Å²) < 4.78 is 0. The van der Waals surface area contributed by atoms with Gasteiger partial charge in [-0.3, -0.25) is 24.5 Å². The van der Waals surface area contributed by atoms with Crippen LogP contribution in [0.2, 0.25) is 0 Å². The summed E-state index contributed by atoms with van der Waals surface area (Å²) >= 11 is 0. The second kappa shape index (κ2) is 8.94. The molecule has 2 fully saturated rings. The first-order chi connectivity index (χ1) is 11.9. The van der Waals surface area contributed by atoms with Crippen LogP contribution in [0.3, 0.4) is 0 Å². The summed E-state index contributed by atoms with van der Waals surface area (Å²) in [6, 6.07) is -1.76. The number of piperidine rings is 1. The summed E-state index contributed by atoms with van der Waals surface area (Å²) in [5, 5.41) is 10.8. The van der Waals surface area contributed by atoms with E-state index in [1.54, 1.807) is 0 Å². The molecule has 8 nitrogen and oxygen atoms in total. The van der Waals surface area contributed by atoms with Gasteiger partial charge in [0.1, 0.15) is 12.1 Å². The van der Waals surface area contributed by atoms with Crippen molar-refractivity contribution in [2.75, 3.05) is 6.54 Å². The SMILES string of the molecule is CC(C)C[C@H](NC(=O)[C@@H]1CCC(=O)N1)C(=O)NC(=O)C1CCCCN1. The van der Waals surface area contributed by atoms with Crippen LogP contribution in [0.25, 0.3) is 0 Å². The minimum absolute atomic E-state index is 0.163. The molecule has 0 radical (unpaired) electrons. The Hall–Kier alpha value is -1.96. The van der Waals surface area contributed by atoms with Crippen LogP contribution in [-0.2, 0) is 19.2 Å². The molecule has 2 saturated heterocycles. The Balaban J connectivity index is 1.92. The Morgan fingerprint density at radius 3 is 2.44 bits per heavy atom. The fourth-order valence-corrected chi connectivity index (χ4v) is 3.16. The van der Waals surface area contributed by atoms with Crippen LogP contribution in [0.15, 0.2) is 0 Å². The van der Waals surface area contributed by atoms with Crippen molar-refractivity contribution in [1.29, 1.82) is 0 Å². The highest BCUT2D eigenvalue weighted by Crippen LogP contribution is 2.11. The van der Waals surface area contributed by atoms with E-state index in [1.165, 1.54) is 0 Å². The van der Waals surface area contributed by atoms with Crippen LogP contribution in [0, 0.1) is 5.92 Å². The fourth-order valence-electron chi connectivity index (χ4n) is 3.16. The van der Waals surface area contributed by atoms with E-state index < -0.39 is 18.0 Å². The van der Waals surface area contributed by atoms with Crippen molar-refractivity contribution >= 4 is 23.6 Å². The number of amides is 4. The molecule has 0 bridgehead atoms. The minimum atomic E-state index is -0.794. The normalized spacial score (nSPS) is 24.5. The molecule has 0 aromatic heterocycles. The predicted molar refractivity (Wildman–Crippen MR) is 91.3 cm³/mol. The van der Waals surface area contributed by atoms with E-state index in [9.17, 15) is 19.2 Å². The van der Waals surface area contributed by atoms with Crippen LogP contribution in [-0.4, -0.2) is 48.3 Å². The molecule has 25 heavy (non-hydrogen) atoms. The molecule has 140 valence electrons. The second-order valence-corrected chi connectivity index (χ2v) is 7.21. The molecule has 2 aliphatic rings. The number of imide groups is 1. The lowest BCUT2D eigenvalue weighted by molar-refractivity contribution is -0.136. The zero-order valence-corrected chi connectivity index (χ0v) is 14.9. The lowest BCUT2D eigenvalue weighted by Gasteiger charge is -2.25. The van der Waals surface area contributed by atoms with Crippen molar-refractivity contribution < 1.29 is 19.2 Å². The van der Waals surface area contributed by atoms with Crippen molar-refractivity contribution in [3.63, 3.8) is 0 Å². The van der Waals surface area contributed by atoms with Gasteiger partial charge in [-0.25, -0.2) is 0 Å². The van der Waals surface area contributed by atoms with Crippen LogP contribution in [0.5, 0.6) is 0 Å². The number of rotatable bonds is 6. The number of hydrogen-bond acceptors (Lipinski definition) is 5. The zero-order chi connectivity index (χ0) is 18.4. The zero-order valence-electron chi connectivity index (χ0n) is 14.9. The van der Waals surface area contributed by atoms with Crippen molar-refractivity contribution in [3.8, 4) is 0 Å². The Kier molecular flexibility index (Phi) is 6.92. The molecule has 4 amide bonds. The van der Waals surface area contributed by atoms with E-state index in [0.717, 1.165) is 19.4 Å². The van der Waals surface area contributed by atoms with E-state index in [0.29, 0.717) is 25.7 Å². The van der Waals surface area contributed by atoms with Crippen molar-refractivity contribution in [1.82, 2.24) is 21.3 Å². The average molecular weight is 352 g/mol. The molecule has 2 rings (SSSR count). The molecule has 0 spiro atoms. The molecule has 8 heteroatoms. The third kappa shape index (κ3) is 5.81. The Morgan fingerprint density at radius 1 is 1.12 bits per heavy atom. The fraction of sp³-hybridized carbons (Fsp3) is 0.765. The van der Waals surface area contributed by atoms with Crippen molar-refractivity contribution in [2.45, 2.75) is 70.5 Å². The van der Waals surface area contributed by atoms with Gasteiger partial charge in [-0.1, -0.05) is 20.3 Å². The minimum Gasteiger partial charge on any atom is -0.344 e. The van der Waals surface area contributed by atoms with Crippen LogP contribution in [0.4, 0.5) is 0 Å². The molecule has 0 aliphatic carbocycles. The first kappa shape index (κ1) is 19.4. The standard InChI is InChI=1S/C17H28N4O4/c1-10(2)9-13(20-16(24)12-6-7-14(22)19-12)17(25)21-15(23)11-5-3-4-8-18-11/h10-13,18H,3-9H2,1-2H3,(H,19,22)(H,20,24)(H,21,23,25)/t11?,12-,13-/m0/s1. The highest BCUT2D eigenvalue weighted by molar-refractivity contribution is 6.02. The Morgan fingerprint density at radius 2 is 1.88 bits per heavy atom. The van der Waals surface area contributed by atoms with Gasteiger partial charge in [0.25, 0.3) is 0 Å². The number of carbonyl (C=O) groups is 4. The molecule has 2 aliphatic heterocycles. The third-order valence-electron chi connectivity index (χ3n) is 4.53. The quantitative estimate of drug-likeness (QED) is 0.518. The molecule has 4 N–H and O–H groups in total. The van der Waals surface area contributed by atoms with E-state index in [-0.39, 0.29) is 29.7 Å². The van der Waals surface area contributed by atoms with E-state index in [4.69, 9.17) is 0 Å². The first-order valence-corrected chi connectivity index (χ1v) is 9.04. The summed E-state index contributed by atoms with van der Waals surface area (Å²) in [6.45, 7) is 4.64. The molecular weight excluding hydrogens is 324 g/mol. The topological polar surface area (TPSA) is 116 Å². The second-order valence-electron chi connectivity index (χ2n) is 7.21. The third-order valence-corrected chi connectivity index (χ3v) is 4.53. The summed E-state index contributed by atoms with van der Waals surface area (Å²) in [5.74, 6) is -1.22. The van der Waals surface area contributed by atoms with E-state index in [2.05, 4.69) is 21.3 Å². The van der Waals surface area contributed by atoms with Gasteiger partial charge in [0, 0.05) is 6.42 Å². The smallest absolute Gasteiger partial charge is 0.249 e. The van der Waals surface area contributed by atoms with Gasteiger partial charge in [-0.2, -0.15) is 0 Å². The predicted octanol–water partition coefficient (Wildman–Crippen LogP) is -0.419. The maximum Gasteiger partial charge on any atom is 0.249 e. The summed E-state index contributed by atoms with van der Waals surface area (Å²) in [4.78, 5) is 48.2. The molecule has 2 heterocycles. The summed E-state index contributed by atoms with van der Waals surface area (Å²) in [5.41, 5.74) is 0. The molecule has 0 saturated carbocycles. The monoisotopic (exact) mass is 352 g/mol. The highest BCUT2D eigenvalue weighted by Gasteiger charge is 2.32. The molecule has 0 aromatic rings. The highest BCUT2D eigenvalue weighted by atomic mass is 16.2. The van der Waals surface area contributed by atoms with Gasteiger partial charge < -0.3 is 16.0 Å². The van der Waals surface area contributed by atoms with Gasteiger partial charge in [-0.05, 0) is 38.1 Å². The van der Waals surface area contributed by atoms with Gasteiger partial charge in [0.05, 0.1) is 6.04 Å². The van der Waals surface area contributed by atoms with Gasteiger partial charge in [0.2, 0.25) is 23.6 Å². The lowest BCUT2D eigenvalue weighted by atomic mass is 10.0. The summed E-state index contributed by atoms with van der Waals surface area (Å²) in [6.07, 6.45) is 3.83. The first-order valence-electron chi connectivity index (χ1n) is 9.04. The molecule has 3 atom stereocenters.